The third-order valence-electron chi connectivity index (χ3n) is 5.41. The van der Waals surface area contributed by atoms with Crippen molar-refractivity contribution in [3.63, 3.8) is 0 Å². The number of fused-ring (bicyclic) bond motifs is 1. The molecule has 1 aromatic carbocycles. The number of carbonyl (C=O) groups is 1. The first-order chi connectivity index (χ1) is 11.4. The molecule has 0 bridgehead atoms. The topological polar surface area (TPSA) is 49.8 Å². The standard InChI is InChI=1S/C18H17Br2NO3/c1-21-4-3-9-5-13(24-2)17(23)15-14(9)12(21)8-18(15)6-10(19)16(22)11(20)7-18/h5-7,12,23H,3-4,8H2,1-2H3/t12-/m0/s1. The fourth-order valence-electron chi connectivity index (χ4n) is 4.28. The number of carbonyl (C=O) groups excluding carboxylic acids is 1. The predicted molar refractivity (Wildman–Crippen MR) is 99.1 cm³/mol. The number of rotatable bonds is 1. The molecule has 0 aromatic heterocycles. The number of phenolic OH excluding ortho intramolecular Hbond substituents is 1. The number of aromatic hydroxyl groups is 1. The summed E-state index contributed by atoms with van der Waals surface area (Å²) >= 11 is 6.79. The van der Waals surface area contributed by atoms with Crippen molar-refractivity contribution in [3.8, 4) is 11.5 Å². The van der Waals surface area contributed by atoms with Crippen LogP contribution in [0.1, 0.15) is 29.2 Å². The molecule has 4 nitrogen and oxygen atoms in total. The number of ether oxygens (including phenoxy) is 1. The Kier molecular flexibility index (Phi) is 3.71. The highest BCUT2D eigenvalue weighted by molar-refractivity contribution is 9.13. The van der Waals surface area contributed by atoms with Gasteiger partial charge in [0.1, 0.15) is 0 Å². The van der Waals surface area contributed by atoms with Crippen LogP contribution >= 0.6 is 31.9 Å². The van der Waals surface area contributed by atoms with Crippen molar-refractivity contribution in [1.29, 1.82) is 0 Å². The van der Waals surface area contributed by atoms with E-state index in [1.807, 2.05) is 18.2 Å². The summed E-state index contributed by atoms with van der Waals surface area (Å²) in [4.78, 5) is 14.5. The quantitative estimate of drug-likeness (QED) is 0.702. The van der Waals surface area contributed by atoms with Crippen LogP contribution < -0.4 is 4.74 Å². The monoisotopic (exact) mass is 453 g/mol. The van der Waals surface area contributed by atoms with E-state index >= 15 is 0 Å². The lowest BCUT2D eigenvalue weighted by Gasteiger charge is -2.32. The summed E-state index contributed by atoms with van der Waals surface area (Å²) in [5.74, 6) is 0.604. The Hall–Kier alpha value is -1.11. The highest BCUT2D eigenvalue weighted by Crippen LogP contribution is 2.59. The minimum Gasteiger partial charge on any atom is -0.504 e. The average molecular weight is 455 g/mol. The highest BCUT2D eigenvalue weighted by atomic mass is 79.9. The van der Waals surface area contributed by atoms with Gasteiger partial charge in [-0.25, -0.2) is 0 Å². The van der Waals surface area contributed by atoms with E-state index in [1.54, 1.807) is 7.11 Å². The smallest absolute Gasteiger partial charge is 0.206 e. The van der Waals surface area contributed by atoms with E-state index in [2.05, 4.69) is 43.8 Å². The number of likely N-dealkylation sites (N-methyl/N-ethyl adjacent to an activating group) is 1. The SMILES string of the molecule is COc1cc2c3c(c1O)C1(C=C(Br)C(=O)C(Br)=C1)C[C@@H]3N(C)CC2. The number of phenols is 1. The van der Waals surface area contributed by atoms with Crippen LogP contribution in [0, 0.1) is 0 Å². The zero-order valence-corrected chi connectivity index (χ0v) is 16.6. The number of hydrogen-bond acceptors (Lipinski definition) is 4. The van der Waals surface area contributed by atoms with Gasteiger partial charge in [0.25, 0.3) is 0 Å². The molecule has 4 rings (SSSR count). The molecule has 0 saturated heterocycles. The van der Waals surface area contributed by atoms with Gasteiger partial charge in [-0.1, -0.05) is 12.2 Å². The van der Waals surface area contributed by atoms with E-state index in [0.29, 0.717) is 14.7 Å². The molecule has 6 heteroatoms. The molecule has 1 atom stereocenters. The van der Waals surface area contributed by atoms with Crippen molar-refractivity contribution in [3.05, 3.63) is 43.9 Å². The van der Waals surface area contributed by atoms with E-state index in [-0.39, 0.29) is 17.6 Å². The van der Waals surface area contributed by atoms with Crippen LogP contribution in [0.2, 0.25) is 0 Å². The number of benzene rings is 1. The van der Waals surface area contributed by atoms with Gasteiger partial charge in [-0.3, -0.25) is 9.69 Å². The molecular weight excluding hydrogens is 438 g/mol. The van der Waals surface area contributed by atoms with Gasteiger partial charge in [-0.05, 0) is 68.9 Å². The summed E-state index contributed by atoms with van der Waals surface area (Å²) in [5, 5.41) is 10.9. The summed E-state index contributed by atoms with van der Waals surface area (Å²) in [6, 6.07) is 2.18. The first-order valence-corrected chi connectivity index (χ1v) is 9.41. The second kappa shape index (κ2) is 5.44. The van der Waals surface area contributed by atoms with Gasteiger partial charge in [0.05, 0.1) is 16.1 Å². The molecule has 2 aliphatic carbocycles. The van der Waals surface area contributed by atoms with E-state index < -0.39 is 5.41 Å². The van der Waals surface area contributed by atoms with Gasteiger partial charge in [0, 0.05) is 23.6 Å². The Morgan fingerprint density at radius 1 is 1.33 bits per heavy atom. The minimum atomic E-state index is -0.516. The number of nitrogens with zero attached hydrogens (tertiary/aromatic N) is 1. The molecule has 0 radical (unpaired) electrons. The summed E-state index contributed by atoms with van der Waals surface area (Å²) in [6.45, 7) is 0.968. The number of hydrogen-bond donors (Lipinski definition) is 1. The maximum atomic E-state index is 12.2. The fraction of sp³-hybridized carbons (Fsp3) is 0.389. The van der Waals surface area contributed by atoms with Crippen LogP contribution in [0.25, 0.3) is 0 Å². The molecule has 1 aromatic rings. The predicted octanol–water partition coefficient (Wildman–Crippen LogP) is 3.71. The summed E-state index contributed by atoms with van der Waals surface area (Å²) < 4.78 is 6.46. The number of halogens is 2. The molecule has 0 unspecified atom stereocenters. The lowest BCUT2D eigenvalue weighted by atomic mass is 9.77. The summed E-state index contributed by atoms with van der Waals surface area (Å²) in [5.41, 5.74) is 2.77. The molecule has 3 aliphatic rings. The van der Waals surface area contributed by atoms with E-state index in [0.717, 1.165) is 24.9 Å². The lowest BCUT2D eigenvalue weighted by Crippen LogP contribution is -2.31. The third-order valence-corrected chi connectivity index (χ3v) is 6.59. The second-order valence-electron chi connectivity index (χ2n) is 6.68. The van der Waals surface area contributed by atoms with Crippen molar-refractivity contribution in [1.82, 2.24) is 4.90 Å². The largest absolute Gasteiger partial charge is 0.504 e. The van der Waals surface area contributed by atoms with Gasteiger partial charge in [-0.2, -0.15) is 0 Å². The van der Waals surface area contributed by atoms with Gasteiger partial charge in [0.2, 0.25) is 5.78 Å². The Balaban J connectivity index is 2.04. The fourth-order valence-corrected chi connectivity index (χ4v) is 5.79. The van der Waals surface area contributed by atoms with Crippen molar-refractivity contribution < 1.29 is 14.6 Å². The van der Waals surface area contributed by atoms with Gasteiger partial charge in [-0.15, -0.1) is 0 Å². The number of methoxy groups -OCH3 is 1. The van der Waals surface area contributed by atoms with Gasteiger partial charge >= 0.3 is 0 Å². The Labute approximate surface area is 157 Å². The van der Waals surface area contributed by atoms with Crippen molar-refractivity contribution in [2.45, 2.75) is 24.3 Å². The Bertz CT molecular complexity index is 806. The molecule has 0 saturated carbocycles. The zero-order chi connectivity index (χ0) is 17.2. The first-order valence-electron chi connectivity index (χ1n) is 7.83. The number of ketones is 1. The third kappa shape index (κ3) is 2.09. The number of allylic oxidation sites excluding steroid dienone is 4. The molecular formula is C18H17Br2NO3. The van der Waals surface area contributed by atoms with Crippen LogP contribution in [-0.4, -0.2) is 36.5 Å². The second-order valence-corrected chi connectivity index (χ2v) is 8.39. The molecule has 0 fully saturated rings. The Morgan fingerprint density at radius 3 is 2.62 bits per heavy atom. The maximum Gasteiger partial charge on any atom is 0.206 e. The highest BCUT2D eigenvalue weighted by Gasteiger charge is 2.49. The van der Waals surface area contributed by atoms with Crippen molar-refractivity contribution in [2.75, 3.05) is 20.7 Å². The molecule has 126 valence electrons. The molecule has 1 N–H and O–H groups in total. The van der Waals surface area contributed by atoms with E-state index in [1.165, 1.54) is 11.1 Å². The van der Waals surface area contributed by atoms with E-state index in [4.69, 9.17) is 4.74 Å². The van der Waals surface area contributed by atoms with Gasteiger partial charge < -0.3 is 9.84 Å². The minimum absolute atomic E-state index is 0.0727. The van der Waals surface area contributed by atoms with Crippen LogP contribution in [0.15, 0.2) is 27.2 Å². The van der Waals surface area contributed by atoms with Crippen LogP contribution in [0.5, 0.6) is 11.5 Å². The lowest BCUT2D eigenvalue weighted by molar-refractivity contribution is -0.111. The van der Waals surface area contributed by atoms with E-state index in [9.17, 15) is 9.90 Å². The molecule has 1 heterocycles. The first kappa shape index (κ1) is 16.4. The van der Waals surface area contributed by atoms with Crippen LogP contribution in [-0.2, 0) is 16.6 Å². The van der Waals surface area contributed by atoms with Crippen molar-refractivity contribution in [2.24, 2.45) is 0 Å². The van der Waals surface area contributed by atoms with Crippen molar-refractivity contribution >= 4 is 37.6 Å². The Morgan fingerprint density at radius 2 is 2.00 bits per heavy atom. The molecule has 24 heavy (non-hydrogen) atoms. The van der Waals surface area contributed by atoms with Crippen LogP contribution in [0.4, 0.5) is 0 Å². The summed E-state index contributed by atoms with van der Waals surface area (Å²) in [6.07, 6.45) is 5.59. The van der Waals surface area contributed by atoms with Gasteiger partial charge in [0.15, 0.2) is 11.5 Å². The average Bonchev–Trinajstić information content (AvgIpc) is 2.87. The normalized spacial score (nSPS) is 24.7. The number of Topliss-reactive ketones (excluding diaryl/α,β-unsaturated/α-hetero) is 1. The van der Waals surface area contributed by atoms with Crippen LogP contribution in [0.3, 0.4) is 0 Å². The zero-order valence-electron chi connectivity index (χ0n) is 13.4. The molecule has 0 amide bonds. The maximum absolute atomic E-state index is 12.2. The molecule has 1 spiro atoms. The summed E-state index contributed by atoms with van der Waals surface area (Å²) in [7, 11) is 3.69. The molecule has 1 aliphatic heterocycles.